The lowest BCUT2D eigenvalue weighted by Gasteiger charge is -2.46. The molecule has 1 N–H and O–H groups in total. The van der Waals surface area contributed by atoms with Crippen molar-refractivity contribution >= 4 is 50.3 Å². The molecule has 2 aromatic rings. The number of anilines is 1. The third-order valence-electron chi connectivity index (χ3n) is 5.21. The van der Waals surface area contributed by atoms with E-state index in [1.165, 1.54) is 11.0 Å². The largest absolute Gasteiger partial charge is 0.465 e. The predicted molar refractivity (Wildman–Crippen MR) is 95.7 cm³/mol. The average molecular weight is 448 g/mol. The van der Waals surface area contributed by atoms with Gasteiger partial charge in [0.15, 0.2) is 5.82 Å². The molecule has 3 heterocycles. The molecule has 1 aromatic heterocycles. The molecule has 0 saturated carbocycles. The van der Waals surface area contributed by atoms with Gasteiger partial charge in [0.2, 0.25) is 5.28 Å². The van der Waals surface area contributed by atoms with Gasteiger partial charge >= 0.3 is 6.09 Å². The van der Waals surface area contributed by atoms with Gasteiger partial charge in [0.1, 0.15) is 17.2 Å². The number of hydrogen-bond acceptors (Lipinski definition) is 4. The molecule has 1 amide bonds. The minimum absolute atomic E-state index is 0.0774. The molecule has 2 bridgehead atoms. The van der Waals surface area contributed by atoms with Crippen LogP contribution in [0.5, 0.6) is 0 Å². The number of fused-ring (bicyclic) bond motifs is 3. The van der Waals surface area contributed by atoms with Gasteiger partial charge in [-0.3, -0.25) is 4.90 Å². The monoisotopic (exact) mass is 446 g/mol. The van der Waals surface area contributed by atoms with Gasteiger partial charge in [-0.05, 0) is 53.4 Å². The predicted octanol–water partition coefficient (Wildman–Crippen LogP) is 4.05. The number of aromatic nitrogens is 2. The van der Waals surface area contributed by atoms with E-state index in [4.69, 9.17) is 11.6 Å². The number of amides is 1. The van der Waals surface area contributed by atoms with Crippen LogP contribution in [0.2, 0.25) is 5.28 Å². The van der Waals surface area contributed by atoms with Gasteiger partial charge in [-0.15, -0.1) is 0 Å². The van der Waals surface area contributed by atoms with Crippen LogP contribution in [0, 0.1) is 11.6 Å². The molecule has 0 spiro atoms. The third kappa shape index (κ3) is 2.51. The Labute approximate surface area is 160 Å². The highest BCUT2D eigenvalue weighted by Crippen LogP contribution is 2.42. The molecule has 2 aliphatic heterocycles. The van der Waals surface area contributed by atoms with Gasteiger partial charge in [0.25, 0.3) is 0 Å². The van der Waals surface area contributed by atoms with E-state index in [0.717, 1.165) is 6.42 Å². The number of piperazine rings is 1. The maximum Gasteiger partial charge on any atom is 0.408 e. The molecule has 2 saturated heterocycles. The van der Waals surface area contributed by atoms with Crippen LogP contribution in [-0.2, 0) is 0 Å². The van der Waals surface area contributed by atoms with Crippen molar-refractivity contribution in [1.82, 2.24) is 14.9 Å². The maximum atomic E-state index is 14.5. The Morgan fingerprint density at radius 1 is 1.46 bits per heavy atom. The van der Waals surface area contributed by atoms with Crippen molar-refractivity contribution in [2.45, 2.75) is 31.3 Å². The highest BCUT2D eigenvalue weighted by molar-refractivity contribution is 9.10. The Morgan fingerprint density at radius 2 is 2.19 bits per heavy atom. The highest BCUT2D eigenvalue weighted by Gasteiger charge is 2.51. The number of rotatable bonds is 1. The smallest absolute Gasteiger partial charge is 0.408 e. The molecule has 2 atom stereocenters. The first-order valence-corrected chi connectivity index (χ1v) is 9.16. The van der Waals surface area contributed by atoms with E-state index in [1.54, 1.807) is 0 Å². The number of hydrogen-bond donors (Lipinski definition) is 1. The van der Waals surface area contributed by atoms with Crippen LogP contribution >= 0.6 is 27.5 Å². The second-order valence-corrected chi connectivity index (χ2v) is 8.05. The lowest BCUT2D eigenvalue weighted by molar-refractivity contribution is 0.0787. The first-order valence-electron chi connectivity index (χ1n) is 7.99. The van der Waals surface area contributed by atoms with Gasteiger partial charge in [-0.2, -0.15) is 4.98 Å². The molecule has 2 aliphatic rings. The fraction of sp³-hybridized carbons (Fsp3) is 0.438. The molecule has 1 aromatic carbocycles. The van der Waals surface area contributed by atoms with Crippen LogP contribution < -0.4 is 4.90 Å². The molecule has 6 nitrogen and oxygen atoms in total. The van der Waals surface area contributed by atoms with Crippen molar-refractivity contribution in [2.75, 3.05) is 18.0 Å². The van der Waals surface area contributed by atoms with Crippen molar-refractivity contribution in [3.05, 3.63) is 27.5 Å². The zero-order chi connectivity index (χ0) is 18.8. The van der Waals surface area contributed by atoms with Crippen LogP contribution in [0.4, 0.5) is 19.4 Å². The van der Waals surface area contributed by atoms with Crippen LogP contribution in [0.15, 0.2) is 10.5 Å². The van der Waals surface area contributed by atoms with E-state index in [-0.39, 0.29) is 26.7 Å². The van der Waals surface area contributed by atoms with Crippen LogP contribution in [0.25, 0.3) is 10.9 Å². The number of halogens is 4. The molecule has 0 aliphatic carbocycles. The van der Waals surface area contributed by atoms with E-state index in [0.29, 0.717) is 25.3 Å². The van der Waals surface area contributed by atoms with Gasteiger partial charge < -0.3 is 10.0 Å². The summed E-state index contributed by atoms with van der Waals surface area (Å²) in [5.41, 5.74) is -0.670. The molecule has 0 radical (unpaired) electrons. The molecule has 10 heteroatoms. The van der Waals surface area contributed by atoms with Crippen molar-refractivity contribution in [3.8, 4) is 0 Å². The maximum absolute atomic E-state index is 14.5. The summed E-state index contributed by atoms with van der Waals surface area (Å²) >= 11 is 8.85. The minimum atomic E-state index is -0.957. The number of carbonyl (C=O) groups is 1. The molecular weight excluding hydrogens is 434 g/mol. The first kappa shape index (κ1) is 17.7. The molecule has 4 rings (SSSR count). The first-order chi connectivity index (χ1) is 12.2. The summed E-state index contributed by atoms with van der Waals surface area (Å²) in [6.07, 6.45) is 0.483. The summed E-state index contributed by atoms with van der Waals surface area (Å²) < 4.78 is 28.2. The fourth-order valence-electron chi connectivity index (χ4n) is 4.15. The van der Waals surface area contributed by atoms with Gasteiger partial charge in [-0.1, -0.05) is 0 Å². The Hall–Kier alpha value is -1.74. The molecular formula is C16H14BrClF2N4O2. The summed E-state index contributed by atoms with van der Waals surface area (Å²) in [4.78, 5) is 23.0. The zero-order valence-corrected chi connectivity index (χ0v) is 16.0. The van der Waals surface area contributed by atoms with Gasteiger partial charge in [0.05, 0.1) is 16.1 Å². The lowest BCUT2D eigenvalue weighted by Crippen LogP contribution is -2.62. The van der Waals surface area contributed by atoms with Crippen molar-refractivity contribution in [3.63, 3.8) is 0 Å². The number of benzene rings is 1. The SMILES string of the molecule is CC12CCC(CN(c3nc(Cl)nc4c(F)c(Br)c(F)cc34)C1)N2C(=O)O. The van der Waals surface area contributed by atoms with E-state index >= 15 is 0 Å². The Balaban J connectivity index is 1.85. The zero-order valence-electron chi connectivity index (χ0n) is 13.6. The van der Waals surface area contributed by atoms with E-state index in [1.807, 2.05) is 11.8 Å². The number of nitrogens with zero attached hydrogens (tertiary/aromatic N) is 4. The van der Waals surface area contributed by atoms with E-state index < -0.39 is 23.3 Å². The molecule has 2 unspecified atom stereocenters. The summed E-state index contributed by atoms with van der Waals surface area (Å²) in [5, 5.41) is 9.57. The highest BCUT2D eigenvalue weighted by atomic mass is 79.9. The van der Waals surface area contributed by atoms with Crippen LogP contribution in [0.3, 0.4) is 0 Å². The van der Waals surface area contributed by atoms with E-state index in [9.17, 15) is 18.7 Å². The second kappa shape index (κ2) is 5.88. The Morgan fingerprint density at radius 3 is 2.85 bits per heavy atom. The van der Waals surface area contributed by atoms with Crippen molar-refractivity contribution in [2.24, 2.45) is 0 Å². The summed E-state index contributed by atoms with van der Waals surface area (Å²) in [5.74, 6) is -1.29. The van der Waals surface area contributed by atoms with Crippen molar-refractivity contribution in [1.29, 1.82) is 0 Å². The fourth-order valence-corrected chi connectivity index (χ4v) is 4.61. The molecule has 138 valence electrons. The topological polar surface area (TPSA) is 69.6 Å². The van der Waals surface area contributed by atoms with E-state index in [2.05, 4.69) is 25.9 Å². The Kier molecular flexibility index (Phi) is 4.00. The van der Waals surface area contributed by atoms with Gasteiger partial charge in [0, 0.05) is 18.5 Å². The normalized spacial score (nSPS) is 25.2. The summed E-state index contributed by atoms with van der Waals surface area (Å²) in [6.45, 7) is 2.61. The average Bonchev–Trinajstić information content (AvgIpc) is 2.79. The van der Waals surface area contributed by atoms with Crippen LogP contribution in [-0.4, -0.2) is 50.7 Å². The standard InChI is InChI=1S/C16H14BrClF2N4O2/c1-16-3-2-7(24(16)15(25)26)5-23(6-16)13-8-4-9(19)10(17)11(20)12(8)21-14(18)22-13/h4,7H,2-3,5-6H2,1H3,(H,25,26). The lowest BCUT2D eigenvalue weighted by atomic mass is 9.98. The second-order valence-electron chi connectivity index (χ2n) is 6.92. The van der Waals surface area contributed by atoms with Gasteiger partial charge in [-0.25, -0.2) is 18.6 Å². The third-order valence-corrected chi connectivity index (χ3v) is 6.11. The van der Waals surface area contributed by atoms with Crippen LogP contribution in [0.1, 0.15) is 19.8 Å². The molecule has 2 fully saturated rings. The Bertz CT molecular complexity index is 946. The minimum Gasteiger partial charge on any atom is -0.465 e. The van der Waals surface area contributed by atoms with Crippen molar-refractivity contribution < 1.29 is 18.7 Å². The quantitative estimate of drug-likeness (QED) is 0.528. The summed E-state index contributed by atoms with van der Waals surface area (Å²) in [6, 6.07) is 0.960. The summed E-state index contributed by atoms with van der Waals surface area (Å²) in [7, 11) is 0. The number of carboxylic acid groups (broad SMARTS) is 1. The molecule has 26 heavy (non-hydrogen) atoms.